The molecule has 5 aromatic rings. The minimum absolute atomic E-state index is 0. The SMILES string of the molecule is CCn1cc(-c2ccnc(-n3ncn4c5c(cc4c3=O)CC(C)(C)C5)c2CO)cc(Nc2ccc(N3CCN(C4COC4)C[C@@H]3C)cn2)c1=O.S. The van der Waals surface area contributed by atoms with E-state index < -0.39 is 0 Å². The van der Waals surface area contributed by atoms with Gasteiger partial charge in [0, 0.05) is 61.4 Å². The van der Waals surface area contributed by atoms with E-state index in [1.54, 1.807) is 35.4 Å². The number of nitrogens with one attached hydrogen (secondary N) is 1. The largest absolute Gasteiger partial charge is 0.392 e. The van der Waals surface area contributed by atoms with Gasteiger partial charge in [-0.3, -0.25) is 18.9 Å². The van der Waals surface area contributed by atoms with E-state index in [9.17, 15) is 14.7 Å². The molecule has 2 aliphatic heterocycles. The van der Waals surface area contributed by atoms with E-state index in [-0.39, 0.29) is 42.5 Å². The predicted molar refractivity (Wildman–Crippen MR) is 202 cm³/mol. The van der Waals surface area contributed by atoms with Crippen molar-refractivity contribution in [3.8, 4) is 16.9 Å². The average molecular weight is 712 g/mol. The first-order valence-electron chi connectivity index (χ1n) is 17.4. The Morgan fingerprint density at radius 3 is 2.57 bits per heavy atom. The molecule has 51 heavy (non-hydrogen) atoms. The van der Waals surface area contributed by atoms with Gasteiger partial charge in [0.2, 0.25) is 0 Å². The Balaban J connectivity index is 0.00000406. The predicted octanol–water partition coefficient (Wildman–Crippen LogP) is 3.51. The number of rotatable bonds is 8. The van der Waals surface area contributed by atoms with E-state index in [4.69, 9.17) is 4.74 Å². The van der Waals surface area contributed by atoms with Crippen LogP contribution in [0.2, 0.25) is 0 Å². The van der Waals surface area contributed by atoms with Crippen LogP contribution >= 0.6 is 13.5 Å². The third-order valence-electron chi connectivity index (χ3n) is 10.5. The number of aliphatic hydroxyl groups is 1. The van der Waals surface area contributed by atoms with E-state index in [0.29, 0.717) is 52.3 Å². The van der Waals surface area contributed by atoms with Crippen LogP contribution in [0.5, 0.6) is 0 Å². The van der Waals surface area contributed by atoms with Gasteiger partial charge in [0.25, 0.3) is 11.1 Å². The number of hydrogen-bond acceptors (Lipinski definition) is 10. The van der Waals surface area contributed by atoms with Gasteiger partial charge in [0.05, 0.1) is 37.7 Å². The molecule has 14 heteroatoms. The van der Waals surface area contributed by atoms with E-state index in [2.05, 4.69) is 51.0 Å². The molecule has 0 amide bonds. The number of pyridine rings is 3. The highest BCUT2D eigenvalue weighted by Gasteiger charge is 2.33. The summed E-state index contributed by atoms with van der Waals surface area (Å²) in [6.45, 7) is 13.2. The van der Waals surface area contributed by atoms with Gasteiger partial charge in [0.1, 0.15) is 23.3 Å². The first kappa shape index (κ1) is 34.9. The zero-order chi connectivity index (χ0) is 34.7. The molecule has 0 aromatic carbocycles. The van der Waals surface area contributed by atoms with Crippen LogP contribution in [0.15, 0.2) is 64.8 Å². The number of nitrogens with zero attached hydrogens (tertiary/aromatic N) is 8. The molecule has 8 rings (SSSR count). The van der Waals surface area contributed by atoms with E-state index in [1.807, 2.05) is 35.7 Å². The molecule has 0 unspecified atom stereocenters. The van der Waals surface area contributed by atoms with Crippen molar-refractivity contribution in [2.45, 2.75) is 65.8 Å². The van der Waals surface area contributed by atoms with Crippen LogP contribution in [0.3, 0.4) is 0 Å². The monoisotopic (exact) mass is 711 g/mol. The summed E-state index contributed by atoms with van der Waals surface area (Å²) in [7, 11) is 0. The van der Waals surface area contributed by atoms with Crippen molar-refractivity contribution in [3.63, 3.8) is 0 Å². The summed E-state index contributed by atoms with van der Waals surface area (Å²) >= 11 is 0. The molecule has 2 fully saturated rings. The van der Waals surface area contributed by atoms with Crippen LogP contribution in [0, 0.1) is 5.41 Å². The molecule has 268 valence electrons. The van der Waals surface area contributed by atoms with Crippen LogP contribution in [-0.2, 0) is 30.7 Å². The fourth-order valence-electron chi connectivity index (χ4n) is 7.81. The fourth-order valence-corrected chi connectivity index (χ4v) is 7.81. The number of piperazine rings is 1. The Morgan fingerprint density at radius 1 is 1.06 bits per heavy atom. The van der Waals surface area contributed by atoms with Gasteiger partial charge in [-0.2, -0.15) is 23.3 Å². The number of aromatic nitrogens is 6. The van der Waals surface area contributed by atoms with Gasteiger partial charge in [-0.25, -0.2) is 9.97 Å². The highest BCUT2D eigenvalue weighted by molar-refractivity contribution is 7.59. The van der Waals surface area contributed by atoms with Gasteiger partial charge in [-0.1, -0.05) is 13.8 Å². The van der Waals surface area contributed by atoms with Crippen molar-refractivity contribution in [2.75, 3.05) is 43.1 Å². The zero-order valence-electron chi connectivity index (χ0n) is 29.5. The molecule has 13 nitrogen and oxygen atoms in total. The molecule has 0 spiro atoms. The number of hydrogen-bond donors (Lipinski definition) is 2. The van der Waals surface area contributed by atoms with Crippen molar-refractivity contribution in [1.82, 2.24) is 33.6 Å². The normalized spacial score (nSPS) is 18.8. The maximum Gasteiger partial charge on any atom is 0.297 e. The Morgan fingerprint density at radius 2 is 1.88 bits per heavy atom. The van der Waals surface area contributed by atoms with Gasteiger partial charge >= 0.3 is 0 Å². The summed E-state index contributed by atoms with van der Waals surface area (Å²) in [5.41, 5.74) is 5.58. The third-order valence-corrected chi connectivity index (χ3v) is 10.5. The maximum atomic E-state index is 13.8. The summed E-state index contributed by atoms with van der Waals surface area (Å²) in [6.07, 6.45) is 8.64. The molecule has 0 bridgehead atoms. The smallest absolute Gasteiger partial charge is 0.297 e. The second kappa shape index (κ2) is 13.6. The van der Waals surface area contributed by atoms with Crippen molar-refractivity contribution >= 4 is 36.2 Å². The second-order valence-corrected chi connectivity index (χ2v) is 14.5. The molecular weight excluding hydrogens is 667 g/mol. The van der Waals surface area contributed by atoms with E-state index in [1.165, 1.54) is 4.68 Å². The quantitative estimate of drug-likeness (QED) is 0.246. The highest BCUT2D eigenvalue weighted by atomic mass is 32.1. The first-order valence-corrected chi connectivity index (χ1v) is 17.4. The molecule has 2 N–H and O–H groups in total. The second-order valence-electron chi connectivity index (χ2n) is 14.5. The molecule has 3 aliphatic rings. The summed E-state index contributed by atoms with van der Waals surface area (Å²) in [6, 6.07) is 10.3. The summed E-state index contributed by atoms with van der Waals surface area (Å²) in [4.78, 5) is 41.4. The molecule has 5 aromatic heterocycles. The lowest BCUT2D eigenvalue weighted by atomic mass is 9.90. The molecule has 0 radical (unpaired) electrons. The highest BCUT2D eigenvalue weighted by Crippen LogP contribution is 2.37. The molecule has 1 atom stereocenters. The third kappa shape index (κ3) is 6.24. The molecule has 1 aliphatic carbocycles. The van der Waals surface area contributed by atoms with Crippen LogP contribution < -0.4 is 21.3 Å². The number of fused-ring (bicyclic) bond motifs is 3. The Bertz CT molecular complexity index is 2210. The zero-order valence-corrected chi connectivity index (χ0v) is 30.5. The number of anilines is 3. The number of aliphatic hydroxyl groups excluding tert-OH is 1. The lowest BCUT2D eigenvalue weighted by Gasteiger charge is -2.46. The van der Waals surface area contributed by atoms with Crippen LogP contribution in [0.25, 0.3) is 22.5 Å². The average Bonchev–Trinajstić information content (AvgIpc) is 3.57. The van der Waals surface area contributed by atoms with E-state index >= 15 is 0 Å². The van der Waals surface area contributed by atoms with Gasteiger partial charge < -0.3 is 24.6 Å². The fraction of sp³-hybridized carbons (Fsp3) is 0.432. The summed E-state index contributed by atoms with van der Waals surface area (Å²) < 4.78 is 10.1. The Labute approximate surface area is 303 Å². The lowest BCUT2D eigenvalue weighted by Crippen LogP contribution is -2.59. The number of ether oxygens (including phenoxy) is 1. The standard InChI is InChI=1S/C37H43N9O4.H2S/c1-5-42-18-25(12-30(35(42)48)41-33-7-6-26(16-39-33)44-11-10-43(17-23(44)2)27-20-50-21-27)28-8-9-38-34(29(28)19-47)46-36(49)31-13-24-14-37(3,4)15-32(24)45(31)22-40-46;/h6-9,12-13,16,18,22-23,27,47H,5,10-11,14-15,17,19-21H2,1-4H3,(H,39,41);1H2/t23-;/m0./s1. The van der Waals surface area contributed by atoms with Crippen molar-refractivity contribution < 1.29 is 9.84 Å². The van der Waals surface area contributed by atoms with Gasteiger partial charge in [0.15, 0.2) is 5.82 Å². The van der Waals surface area contributed by atoms with Crippen molar-refractivity contribution in [3.05, 3.63) is 92.8 Å². The van der Waals surface area contributed by atoms with Crippen LogP contribution in [0.1, 0.15) is 44.5 Å². The van der Waals surface area contributed by atoms with Crippen molar-refractivity contribution in [2.24, 2.45) is 5.41 Å². The minimum atomic E-state index is -0.387. The summed E-state index contributed by atoms with van der Waals surface area (Å²) in [5.74, 6) is 0.796. The molecule has 7 heterocycles. The Kier molecular flexibility index (Phi) is 9.29. The Hall–Kier alpha value is -4.50. The van der Waals surface area contributed by atoms with Crippen LogP contribution in [0.4, 0.5) is 17.2 Å². The van der Waals surface area contributed by atoms with Gasteiger partial charge in [-0.15, -0.1) is 0 Å². The van der Waals surface area contributed by atoms with E-state index in [0.717, 1.165) is 62.6 Å². The number of aryl methyl sites for hydroxylation is 1. The first-order chi connectivity index (χ1) is 24.1. The van der Waals surface area contributed by atoms with Crippen LogP contribution in [-0.4, -0.2) is 83.7 Å². The molecule has 2 saturated heterocycles. The topological polar surface area (TPSA) is 135 Å². The molecular formula is C37H45N9O4S. The summed E-state index contributed by atoms with van der Waals surface area (Å²) in [5, 5.41) is 18.4. The van der Waals surface area contributed by atoms with Gasteiger partial charge in [-0.05, 0) is 73.6 Å². The van der Waals surface area contributed by atoms with Crippen molar-refractivity contribution in [1.29, 1.82) is 0 Å². The maximum absolute atomic E-state index is 13.8. The minimum Gasteiger partial charge on any atom is -0.392 e. The molecule has 0 saturated carbocycles. The lowest BCUT2D eigenvalue weighted by molar-refractivity contribution is -0.0691.